The van der Waals surface area contributed by atoms with Crippen molar-refractivity contribution in [3.63, 3.8) is 0 Å². The zero-order chi connectivity index (χ0) is 29.2. The molecule has 0 amide bonds. The van der Waals surface area contributed by atoms with E-state index < -0.39 is 0 Å². The van der Waals surface area contributed by atoms with Gasteiger partial charge in [0.2, 0.25) is 0 Å². The molecule has 220 valence electrons. The van der Waals surface area contributed by atoms with E-state index in [0.29, 0.717) is 18.3 Å². The van der Waals surface area contributed by atoms with Crippen LogP contribution < -0.4 is 0 Å². The number of allylic oxidation sites excluding steroid dienone is 2. The van der Waals surface area contributed by atoms with E-state index in [9.17, 15) is 14.4 Å². The van der Waals surface area contributed by atoms with Crippen molar-refractivity contribution in [1.82, 2.24) is 0 Å². The minimum absolute atomic E-state index is 0.0252. The van der Waals surface area contributed by atoms with Gasteiger partial charge < -0.3 is 9.47 Å². The number of rotatable bonds is 6. The van der Waals surface area contributed by atoms with Gasteiger partial charge in [-0.25, -0.2) is 0 Å². The molecule has 3 fully saturated rings. The number of esters is 2. The number of fused-ring (bicyclic) bond motifs is 5. The third-order valence-electron chi connectivity index (χ3n) is 12.2. The number of carbonyl (C=O) groups excluding carboxylic acids is 3. The summed E-state index contributed by atoms with van der Waals surface area (Å²) in [5, 5.41) is 0. The second-order valence-electron chi connectivity index (χ2n) is 16.0. The van der Waals surface area contributed by atoms with Gasteiger partial charge in [-0.1, -0.05) is 61.0 Å². The summed E-state index contributed by atoms with van der Waals surface area (Å²) in [5.41, 5.74) is 1.26. The zero-order valence-corrected chi connectivity index (χ0v) is 26.4. The molecule has 0 aliphatic heterocycles. The van der Waals surface area contributed by atoms with E-state index >= 15 is 0 Å². The lowest BCUT2D eigenvalue weighted by Gasteiger charge is -2.62. The molecule has 0 radical (unpaired) electrons. The van der Waals surface area contributed by atoms with Crippen molar-refractivity contribution in [2.75, 3.05) is 0 Å². The second-order valence-corrected chi connectivity index (χ2v) is 16.0. The summed E-state index contributed by atoms with van der Waals surface area (Å²) in [6, 6.07) is 0. The summed E-state index contributed by atoms with van der Waals surface area (Å²) in [6.45, 7) is 21.6. The minimum Gasteiger partial charge on any atom is -0.463 e. The molecule has 4 aliphatic carbocycles. The molecule has 1 unspecified atom stereocenters. The van der Waals surface area contributed by atoms with E-state index in [-0.39, 0.29) is 62.9 Å². The predicted octanol–water partition coefficient (Wildman–Crippen LogP) is 7.85. The van der Waals surface area contributed by atoms with Gasteiger partial charge in [0.05, 0.1) is 0 Å². The van der Waals surface area contributed by atoms with E-state index in [0.717, 1.165) is 51.4 Å². The molecule has 0 aromatic rings. The third-order valence-corrected chi connectivity index (χ3v) is 12.2. The Morgan fingerprint density at radius 3 is 2.21 bits per heavy atom. The molecule has 39 heavy (non-hydrogen) atoms. The normalized spacial score (nSPS) is 39.1. The fraction of sp³-hybridized carbons (Fsp3) is 0.853. The highest BCUT2D eigenvalue weighted by molar-refractivity contribution is 5.94. The highest BCUT2D eigenvalue weighted by atomic mass is 16.5. The quantitative estimate of drug-likeness (QED) is 0.320. The summed E-state index contributed by atoms with van der Waals surface area (Å²) >= 11 is 0. The third kappa shape index (κ3) is 5.14. The topological polar surface area (TPSA) is 69.7 Å². The van der Waals surface area contributed by atoms with Crippen molar-refractivity contribution in [2.24, 2.45) is 44.8 Å². The van der Waals surface area contributed by atoms with Gasteiger partial charge in [0, 0.05) is 25.2 Å². The first kappa shape index (κ1) is 30.3. The number of hydrogen-bond acceptors (Lipinski definition) is 5. The van der Waals surface area contributed by atoms with Crippen LogP contribution in [0.2, 0.25) is 0 Å². The van der Waals surface area contributed by atoms with Crippen molar-refractivity contribution >= 4 is 17.7 Å². The van der Waals surface area contributed by atoms with Crippen molar-refractivity contribution in [1.29, 1.82) is 0 Å². The molecule has 0 spiro atoms. The first-order valence-corrected chi connectivity index (χ1v) is 15.5. The summed E-state index contributed by atoms with van der Waals surface area (Å²) < 4.78 is 11.7. The molecule has 5 nitrogen and oxygen atoms in total. The number of hydrogen-bond donors (Lipinski definition) is 0. The highest BCUT2D eigenvalue weighted by Crippen LogP contribution is 2.73. The SMILES string of the molecule is CC(=O)O[C@H]1CC[C@]2(C)C3CC[C@]4(C)[C@@H](C(C)(C)[C@@H](CCC(C)(C)C)OC(C)=O)CC[C@@]4(C)C3=CC(=O)[C@@H]2C1. The molecule has 8 atom stereocenters. The number of ether oxygens (including phenoxy) is 2. The Bertz CT molecular complexity index is 1030. The molecular weight excluding hydrogens is 488 g/mol. The zero-order valence-electron chi connectivity index (χ0n) is 26.4. The molecule has 0 aromatic carbocycles. The van der Waals surface area contributed by atoms with Crippen LogP contribution >= 0.6 is 0 Å². The van der Waals surface area contributed by atoms with Crippen LogP contribution in [0.25, 0.3) is 0 Å². The smallest absolute Gasteiger partial charge is 0.302 e. The maximum atomic E-state index is 13.8. The van der Waals surface area contributed by atoms with Crippen LogP contribution in [0, 0.1) is 44.8 Å². The van der Waals surface area contributed by atoms with Crippen LogP contribution in [-0.4, -0.2) is 29.9 Å². The van der Waals surface area contributed by atoms with E-state index in [2.05, 4.69) is 55.4 Å². The van der Waals surface area contributed by atoms with Crippen LogP contribution in [0.3, 0.4) is 0 Å². The van der Waals surface area contributed by atoms with Crippen LogP contribution in [0.5, 0.6) is 0 Å². The Morgan fingerprint density at radius 2 is 1.62 bits per heavy atom. The average Bonchev–Trinajstić information content (AvgIpc) is 3.08. The van der Waals surface area contributed by atoms with Gasteiger partial charge >= 0.3 is 11.9 Å². The van der Waals surface area contributed by atoms with Gasteiger partial charge in [-0.15, -0.1) is 0 Å². The summed E-state index contributed by atoms with van der Waals surface area (Å²) in [7, 11) is 0. The lowest BCUT2D eigenvalue weighted by molar-refractivity contribution is -0.162. The van der Waals surface area contributed by atoms with E-state index in [1.54, 1.807) is 0 Å². The lowest BCUT2D eigenvalue weighted by Crippen LogP contribution is -2.57. The summed E-state index contributed by atoms with van der Waals surface area (Å²) in [4.78, 5) is 37.6. The van der Waals surface area contributed by atoms with E-state index in [1.807, 2.05) is 6.08 Å². The van der Waals surface area contributed by atoms with Gasteiger partial charge in [-0.05, 0) is 97.4 Å². The lowest BCUT2D eigenvalue weighted by atomic mass is 9.42. The molecule has 3 saturated carbocycles. The maximum absolute atomic E-state index is 13.8. The predicted molar refractivity (Wildman–Crippen MR) is 154 cm³/mol. The standard InChI is InChI=1S/C34H54O5/c1-21(35)38-23-11-16-32(8)24-12-17-34(10)28(13-18-33(34,9)25(24)20-27(37)26(32)19-23)31(6,7)29(39-22(2)36)14-15-30(3,4)5/h20,23-24,26,28-29H,11-19H2,1-10H3/t23-,24?,26-,28+,29+,32+,33-,34+/m0/s1. The van der Waals surface area contributed by atoms with Crippen LogP contribution in [0.15, 0.2) is 11.6 Å². The van der Waals surface area contributed by atoms with Crippen LogP contribution in [0.1, 0.15) is 127 Å². The molecule has 4 aliphatic rings. The minimum atomic E-state index is -0.252. The summed E-state index contributed by atoms with van der Waals surface area (Å²) in [5.74, 6) is 0.497. The fourth-order valence-corrected chi connectivity index (χ4v) is 9.79. The fourth-order valence-electron chi connectivity index (χ4n) is 9.79. The first-order valence-electron chi connectivity index (χ1n) is 15.5. The number of carbonyl (C=O) groups is 3. The Kier molecular flexibility index (Phi) is 7.78. The number of ketones is 1. The average molecular weight is 543 g/mol. The molecule has 4 rings (SSSR count). The Hall–Kier alpha value is -1.65. The van der Waals surface area contributed by atoms with Gasteiger partial charge in [-0.3, -0.25) is 14.4 Å². The van der Waals surface area contributed by atoms with Gasteiger partial charge in [0.15, 0.2) is 5.78 Å². The summed E-state index contributed by atoms with van der Waals surface area (Å²) in [6.07, 6.45) is 10.4. The van der Waals surface area contributed by atoms with Gasteiger partial charge in [0.25, 0.3) is 0 Å². The second kappa shape index (κ2) is 10.0. The molecule has 0 heterocycles. The maximum Gasteiger partial charge on any atom is 0.302 e. The molecule has 0 saturated heterocycles. The first-order chi connectivity index (χ1) is 17.8. The van der Waals surface area contributed by atoms with Crippen LogP contribution in [0.4, 0.5) is 0 Å². The van der Waals surface area contributed by atoms with E-state index in [4.69, 9.17) is 9.47 Å². The largest absolute Gasteiger partial charge is 0.463 e. The highest BCUT2D eigenvalue weighted by Gasteiger charge is 2.67. The van der Waals surface area contributed by atoms with Crippen LogP contribution in [-0.2, 0) is 23.9 Å². The van der Waals surface area contributed by atoms with Crippen molar-refractivity contribution in [3.05, 3.63) is 11.6 Å². The van der Waals surface area contributed by atoms with Crippen molar-refractivity contribution in [3.8, 4) is 0 Å². The molecule has 0 aromatic heterocycles. The van der Waals surface area contributed by atoms with Crippen molar-refractivity contribution in [2.45, 2.75) is 139 Å². The van der Waals surface area contributed by atoms with E-state index in [1.165, 1.54) is 19.4 Å². The Balaban J connectivity index is 1.66. The molecular formula is C34H54O5. The monoisotopic (exact) mass is 542 g/mol. The van der Waals surface area contributed by atoms with Gasteiger partial charge in [-0.2, -0.15) is 0 Å². The Morgan fingerprint density at radius 1 is 0.949 bits per heavy atom. The molecule has 0 N–H and O–H groups in total. The molecule has 0 bridgehead atoms. The van der Waals surface area contributed by atoms with Crippen molar-refractivity contribution < 1.29 is 23.9 Å². The Labute approximate surface area is 237 Å². The van der Waals surface area contributed by atoms with Gasteiger partial charge in [0.1, 0.15) is 12.2 Å². The molecule has 5 heteroatoms.